The van der Waals surface area contributed by atoms with Crippen LogP contribution in [0.5, 0.6) is 0 Å². The van der Waals surface area contributed by atoms with Gasteiger partial charge in [0.05, 0.1) is 5.56 Å². The van der Waals surface area contributed by atoms with Gasteiger partial charge in [-0.1, -0.05) is 0 Å². The second-order valence-corrected chi connectivity index (χ2v) is 6.37. The largest absolute Gasteiger partial charge is 0.417 e. The fraction of sp³-hybridized carbons (Fsp3) is 0.667. The lowest BCUT2D eigenvalue weighted by molar-refractivity contribution is -0.137. The molecule has 0 spiro atoms. The molecule has 0 atom stereocenters. The Bertz CT molecular complexity index is 470. The quantitative estimate of drug-likeness (QED) is 0.899. The molecule has 2 nitrogen and oxygen atoms in total. The lowest BCUT2D eigenvalue weighted by atomic mass is 9.53. The highest BCUT2D eigenvalue weighted by molar-refractivity contribution is 5.25. The minimum Gasteiger partial charge on any atom is -0.396 e. The number of hydrogen-bond donors (Lipinski definition) is 1. The van der Waals surface area contributed by atoms with Crippen LogP contribution in [0.4, 0.5) is 13.2 Å². The predicted molar refractivity (Wildman–Crippen MR) is 68.1 cm³/mol. The summed E-state index contributed by atoms with van der Waals surface area (Å²) in [4.78, 5) is 4.10. The van der Waals surface area contributed by atoms with E-state index >= 15 is 0 Å². The molecule has 1 N–H and O–H groups in total. The highest BCUT2D eigenvalue weighted by atomic mass is 19.4. The Balaban J connectivity index is 1.84. The number of aliphatic hydroxyl groups is 1. The van der Waals surface area contributed by atoms with E-state index < -0.39 is 11.7 Å². The van der Waals surface area contributed by atoms with Crippen LogP contribution >= 0.6 is 0 Å². The fourth-order valence-electron chi connectivity index (χ4n) is 3.76. The van der Waals surface area contributed by atoms with E-state index in [1.165, 1.54) is 0 Å². The van der Waals surface area contributed by atoms with Crippen molar-refractivity contribution in [2.24, 2.45) is 5.41 Å². The van der Waals surface area contributed by atoms with Gasteiger partial charge in [0.25, 0.3) is 0 Å². The van der Waals surface area contributed by atoms with Gasteiger partial charge in [-0.2, -0.15) is 13.2 Å². The molecule has 3 aliphatic rings. The van der Waals surface area contributed by atoms with Crippen molar-refractivity contribution in [1.29, 1.82) is 0 Å². The van der Waals surface area contributed by atoms with E-state index in [4.69, 9.17) is 0 Å². The van der Waals surface area contributed by atoms with Crippen molar-refractivity contribution in [2.45, 2.75) is 50.1 Å². The average molecular weight is 285 g/mol. The Morgan fingerprint density at radius 1 is 1.05 bits per heavy atom. The van der Waals surface area contributed by atoms with Gasteiger partial charge in [-0.25, -0.2) is 0 Å². The Labute approximate surface area is 116 Å². The van der Waals surface area contributed by atoms with E-state index in [1.54, 1.807) is 6.07 Å². The third-order valence-corrected chi connectivity index (χ3v) is 5.37. The summed E-state index contributed by atoms with van der Waals surface area (Å²) in [5, 5.41) is 9.51. The molecule has 0 saturated heterocycles. The highest BCUT2D eigenvalue weighted by Crippen LogP contribution is 2.57. The maximum atomic E-state index is 12.6. The van der Waals surface area contributed by atoms with E-state index in [2.05, 4.69) is 4.98 Å². The third-order valence-electron chi connectivity index (χ3n) is 5.37. The molecule has 0 aromatic carbocycles. The van der Waals surface area contributed by atoms with Crippen molar-refractivity contribution in [1.82, 2.24) is 4.98 Å². The Morgan fingerprint density at radius 3 is 2.05 bits per heavy atom. The summed E-state index contributed by atoms with van der Waals surface area (Å²) in [5.41, 5.74) is 0.0973. The molecule has 0 radical (unpaired) electrons. The predicted octanol–water partition coefficient (Wildman–Crippen LogP) is 3.68. The van der Waals surface area contributed by atoms with Crippen LogP contribution in [-0.2, 0) is 11.6 Å². The van der Waals surface area contributed by atoms with Crippen molar-refractivity contribution in [3.63, 3.8) is 0 Å². The zero-order valence-electron chi connectivity index (χ0n) is 11.2. The van der Waals surface area contributed by atoms with Crippen LogP contribution in [0, 0.1) is 5.41 Å². The third kappa shape index (κ3) is 2.12. The molecule has 3 aliphatic carbocycles. The molecule has 3 saturated carbocycles. The number of pyridine rings is 1. The molecule has 3 fully saturated rings. The normalized spacial score (nSPS) is 33.4. The minimum absolute atomic E-state index is 0.0632. The second-order valence-electron chi connectivity index (χ2n) is 6.37. The average Bonchev–Trinajstić information content (AvgIpc) is 2.48. The number of aromatic nitrogens is 1. The molecule has 5 heteroatoms. The van der Waals surface area contributed by atoms with Gasteiger partial charge in [0.2, 0.25) is 0 Å². The first-order valence-corrected chi connectivity index (χ1v) is 7.04. The molecule has 1 aromatic rings. The van der Waals surface area contributed by atoms with Crippen LogP contribution in [0.3, 0.4) is 0 Å². The van der Waals surface area contributed by atoms with Gasteiger partial charge in [-0.15, -0.1) is 0 Å². The molecular weight excluding hydrogens is 267 g/mol. The van der Waals surface area contributed by atoms with Crippen LogP contribution in [0.2, 0.25) is 0 Å². The number of alkyl halides is 3. The monoisotopic (exact) mass is 285 g/mol. The van der Waals surface area contributed by atoms with E-state index in [-0.39, 0.29) is 17.4 Å². The minimum atomic E-state index is -4.33. The molecule has 110 valence electrons. The molecule has 1 heterocycles. The van der Waals surface area contributed by atoms with Gasteiger partial charge in [-0.05, 0) is 56.1 Å². The Morgan fingerprint density at radius 2 is 1.65 bits per heavy atom. The molecule has 20 heavy (non-hydrogen) atoms. The number of nitrogens with zero attached hydrogens (tertiary/aromatic N) is 1. The zero-order valence-corrected chi connectivity index (χ0v) is 11.2. The summed E-state index contributed by atoms with van der Waals surface area (Å²) in [7, 11) is 0. The van der Waals surface area contributed by atoms with Gasteiger partial charge >= 0.3 is 6.18 Å². The topological polar surface area (TPSA) is 33.1 Å². The summed E-state index contributed by atoms with van der Waals surface area (Å²) in [6.45, 7) is 0.226. The maximum absolute atomic E-state index is 12.6. The van der Waals surface area contributed by atoms with Gasteiger partial charge in [0.1, 0.15) is 0 Å². The van der Waals surface area contributed by atoms with Crippen molar-refractivity contribution in [2.75, 3.05) is 6.61 Å². The fourth-order valence-corrected chi connectivity index (χ4v) is 3.76. The molecular formula is C15H18F3NO. The first-order valence-electron chi connectivity index (χ1n) is 7.04. The molecule has 1 aromatic heterocycles. The summed E-state index contributed by atoms with van der Waals surface area (Å²) in [5.74, 6) is 0. The summed E-state index contributed by atoms with van der Waals surface area (Å²) in [6.07, 6.45) is 2.25. The Hall–Kier alpha value is -1.10. The van der Waals surface area contributed by atoms with E-state index in [9.17, 15) is 18.3 Å². The highest BCUT2D eigenvalue weighted by Gasteiger charge is 2.49. The zero-order chi connectivity index (χ0) is 14.4. The summed E-state index contributed by atoms with van der Waals surface area (Å²) >= 11 is 0. The van der Waals surface area contributed by atoms with Crippen LogP contribution in [0.15, 0.2) is 18.3 Å². The van der Waals surface area contributed by atoms with Crippen molar-refractivity contribution < 1.29 is 18.3 Å². The van der Waals surface area contributed by atoms with Gasteiger partial charge in [0, 0.05) is 23.9 Å². The van der Waals surface area contributed by atoms with Crippen LogP contribution < -0.4 is 0 Å². The Kier molecular flexibility index (Phi) is 3.08. The number of hydrogen-bond acceptors (Lipinski definition) is 2. The molecule has 0 amide bonds. The van der Waals surface area contributed by atoms with Gasteiger partial charge in [-0.3, -0.25) is 4.98 Å². The summed E-state index contributed by atoms with van der Waals surface area (Å²) < 4.78 is 37.7. The van der Waals surface area contributed by atoms with Gasteiger partial charge in [0.15, 0.2) is 0 Å². The van der Waals surface area contributed by atoms with Crippen molar-refractivity contribution in [3.8, 4) is 0 Å². The SMILES string of the molecule is OCC12CCC(c3ccc(C(F)(F)F)cn3)(CC1)CC2. The standard InChI is InChI=1S/C15H18F3NO/c16-15(17,18)11-1-2-12(19-9-11)14-6-3-13(10-20,4-7-14)5-8-14/h1-2,9,20H,3-8,10H2. The van der Waals surface area contributed by atoms with E-state index in [0.717, 1.165) is 56.5 Å². The maximum Gasteiger partial charge on any atom is 0.417 e. The van der Waals surface area contributed by atoms with Crippen LogP contribution in [-0.4, -0.2) is 16.7 Å². The molecule has 0 aliphatic heterocycles. The molecule has 2 bridgehead atoms. The van der Waals surface area contributed by atoms with Crippen molar-refractivity contribution in [3.05, 3.63) is 29.6 Å². The smallest absolute Gasteiger partial charge is 0.396 e. The van der Waals surface area contributed by atoms with E-state index in [1.807, 2.05) is 0 Å². The van der Waals surface area contributed by atoms with Crippen molar-refractivity contribution >= 4 is 0 Å². The van der Waals surface area contributed by atoms with Gasteiger partial charge < -0.3 is 5.11 Å². The summed E-state index contributed by atoms with van der Waals surface area (Å²) in [6, 6.07) is 2.68. The first-order chi connectivity index (χ1) is 9.39. The second kappa shape index (κ2) is 4.45. The van der Waals surface area contributed by atoms with Crippen LogP contribution in [0.1, 0.15) is 49.8 Å². The molecule has 0 unspecified atom stereocenters. The number of fused-ring (bicyclic) bond motifs is 3. The number of rotatable bonds is 2. The number of halogens is 3. The van der Waals surface area contributed by atoms with Crippen LogP contribution in [0.25, 0.3) is 0 Å². The number of aliphatic hydroxyl groups excluding tert-OH is 1. The van der Waals surface area contributed by atoms with E-state index in [0.29, 0.717) is 0 Å². The first kappa shape index (κ1) is 13.9. The lowest BCUT2D eigenvalue weighted by Gasteiger charge is -2.52. The molecule has 4 rings (SSSR count). The lowest BCUT2D eigenvalue weighted by Crippen LogP contribution is -2.46.